The van der Waals surface area contributed by atoms with E-state index < -0.39 is 8.25 Å². The summed E-state index contributed by atoms with van der Waals surface area (Å²) in [6, 6.07) is 9.31. The van der Waals surface area contributed by atoms with Crippen molar-refractivity contribution in [1.29, 1.82) is 0 Å². The van der Waals surface area contributed by atoms with Crippen LogP contribution in [0.25, 0.3) is 0 Å². The van der Waals surface area contributed by atoms with Crippen LogP contribution < -0.4 is 0 Å². The highest BCUT2D eigenvalue weighted by Gasteiger charge is 2.19. The fourth-order valence-electron chi connectivity index (χ4n) is 0.920. The molecule has 0 radical (unpaired) electrons. The average Bonchev–Trinajstić information content (AvgIpc) is 2.30. The van der Waals surface area contributed by atoms with Crippen LogP contribution in [0.1, 0.15) is 45.3 Å². The van der Waals surface area contributed by atoms with Crippen molar-refractivity contribution >= 4 is 8.25 Å². The van der Waals surface area contributed by atoms with Crippen molar-refractivity contribution in [1.82, 2.24) is 0 Å². The van der Waals surface area contributed by atoms with Crippen LogP contribution in [-0.4, -0.2) is 4.89 Å². The summed E-state index contributed by atoms with van der Waals surface area (Å²) < 4.78 is 15.0. The van der Waals surface area contributed by atoms with Gasteiger partial charge in [0.25, 0.3) is 0 Å². The van der Waals surface area contributed by atoms with Crippen LogP contribution in [0, 0.1) is 0 Å². The van der Waals surface area contributed by atoms with Crippen LogP contribution in [0.15, 0.2) is 30.3 Å². The first kappa shape index (κ1) is 15.2. The van der Waals surface area contributed by atoms with Crippen molar-refractivity contribution in [3.63, 3.8) is 0 Å². The van der Waals surface area contributed by atoms with Crippen LogP contribution in [0.4, 0.5) is 0 Å². The largest absolute Gasteiger partial charge is 0.695 e. The van der Waals surface area contributed by atoms with Crippen LogP contribution >= 0.6 is 8.25 Å². The Kier molecular flexibility index (Phi) is 9.02. The number of benzene rings is 1. The summed E-state index contributed by atoms with van der Waals surface area (Å²) in [5.41, 5.74) is 0.898. The van der Waals surface area contributed by atoms with Gasteiger partial charge in [-0.05, 0) is 12.5 Å². The molecule has 0 aliphatic carbocycles. The van der Waals surface area contributed by atoms with Gasteiger partial charge in [0.2, 0.25) is 0 Å². The Morgan fingerprint density at radius 3 is 2.12 bits per heavy atom. The van der Waals surface area contributed by atoms with E-state index in [-0.39, 0.29) is 6.10 Å². The summed E-state index contributed by atoms with van der Waals surface area (Å²) in [6.45, 7) is 6.10. The molecule has 4 heteroatoms. The third-order valence-corrected chi connectivity index (χ3v) is 2.51. The number of unbranched alkanes of at least 4 members (excludes halogenated alkanes) is 1. The molecule has 1 rings (SSSR count). The molecule has 1 aromatic carbocycles. The van der Waals surface area contributed by atoms with Crippen LogP contribution in [0.3, 0.4) is 0 Å². The summed E-state index contributed by atoms with van der Waals surface area (Å²) in [7, 11) is -2.51. The van der Waals surface area contributed by atoms with Gasteiger partial charge >= 0.3 is 8.25 Å². The normalized spacial score (nSPS) is 12.4. The minimum Gasteiger partial charge on any atom is -0.133 e. The van der Waals surface area contributed by atoms with Crippen molar-refractivity contribution in [2.45, 2.75) is 39.7 Å². The van der Waals surface area contributed by atoms with E-state index in [1.54, 1.807) is 6.92 Å². The van der Waals surface area contributed by atoms with Gasteiger partial charge in [-0.25, -0.2) is 0 Å². The second-order valence-electron chi connectivity index (χ2n) is 3.40. The maximum atomic E-state index is 10.3. The molecule has 0 amide bonds. The third kappa shape index (κ3) is 7.52. The zero-order valence-electron chi connectivity index (χ0n) is 10.1. The first-order valence-corrected chi connectivity index (χ1v) is 6.62. The number of hydrogen-bond acceptors (Lipinski definition) is 2. The molecular formula is C12H20O3P+. The molecule has 0 fully saturated rings. The predicted molar refractivity (Wildman–Crippen MR) is 66.3 cm³/mol. The average molecular weight is 243 g/mol. The molecule has 0 spiro atoms. The maximum Gasteiger partial charge on any atom is 0.695 e. The van der Waals surface area contributed by atoms with Crippen molar-refractivity contribution in [2.24, 2.45) is 0 Å². The summed E-state index contributed by atoms with van der Waals surface area (Å²) in [5, 5.41) is 0. The summed E-state index contributed by atoms with van der Waals surface area (Å²) >= 11 is 0. The zero-order valence-corrected chi connectivity index (χ0v) is 11.0. The molecule has 0 aromatic heterocycles. The lowest BCUT2D eigenvalue weighted by molar-refractivity contribution is 0.209. The van der Waals surface area contributed by atoms with Crippen molar-refractivity contribution in [3.8, 4) is 0 Å². The molecule has 16 heavy (non-hydrogen) atoms. The van der Waals surface area contributed by atoms with Gasteiger partial charge in [0, 0.05) is 4.57 Å². The van der Waals surface area contributed by atoms with Gasteiger partial charge in [-0.15, -0.1) is 9.42 Å². The molecule has 0 saturated heterocycles. The van der Waals surface area contributed by atoms with E-state index in [0.29, 0.717) is 0 Å². The van der Waals surface area contributed by atoms with Crippen molar-refractivity contribution < 1.29 is 14.0 Å². The Labute approximate surface area is 98.4 Å². The molecule has 1 aromatic rings. The SMILES string of the molecule is CC(O[P+](=O)O)c1ccccc1.CCCC. The molecule has 2 atom stereocenters. The van der Waals surface area contributed by atoms with Gasteiger partial charge in [0.1, 0.15) is 6.10 Å². The Balaban J connectivity index is 0.000000487. The van der Waals surface area contributed by atoms with Gasteiger partial charge in [0.15, 0.2) is 0 Å². The predicted octanol–water partition coefficient (Wildman–Crippen LogP) is 4.22. The van der Waals surface area contributed by atoms with E-state index in [4.69, 9.17) is 9.42 Å². The van der Waals surface area contributed by atoms with Crippen LogP contribution in [0.2, 0.25) is 0 Å². The third-order valence-electron chi connectivity index (χ3n) is 2.02. The number of hydrogen-bond donors (Lipinski definition) is 1. The Bertz CT molecular complexity index is 286. The fourth-order valence-corrected chi connectivity index (χ4v) is 1.31. The first-order valence-electron chi connectivity index (χ1n) is 5.49. The Morgan fingerprint density at radius 1 is 1.25 bits per heavy atom. The van der Waals surface area contributed by atoms with Gasteiger partial charge < -0.3 is 0 Å². The van der Waals surface area contributed by atoms with Gasteiger partial charge in [0.05, 0.1) is 0 Å². The maximum absolute atomic E-state index is 10.3. The molecule has 3 nitrogen and oxygen atoms in total. The summed E-state index contributed by atoms with van der Waals surface area (Å²) in [5.74, 6) is 0. The topological polar surface area (TPSA) is 46.5 Å². The van der Waals surface area contributed by atoms with Crippen molar-refractivity contribution in [3.05, 3.63) is 35.9 Å². The van der Waals surface area contributed by atoms with E-state index in [0.717, 1.165) is 5.56 Å². The van der Waals surface area contributed by atoms with E-state index in [9.17, 15) is 4.57 Å². The first-order chi connectivity index (χ1) is 7.61. The summed E-state index contributed by atoms with van der Waals surface area (Å²) in [6.07, 6.45) is 2.31. The molecule has 0 aliphatic rings. The van der Waals surface area contributed by atoms with E-state index in [1.807, 2.05) is 30.3 Å². The second kappa shape index (κ2) is 9.46. The van der Waals surface area contributed by atoms with E-state index in [1.165, 1.54) is 12.8 Å². The molecule has 0 saturated carbocycles. The molecule has 0 bridgehead atoms. The smallest absolute Gasteiger partial charge is 0.133 e. The van der Waals surface area contributed by atoms with Gasteiger partial charge in [-0.1, -0.05) is 57.0 Å². The number of rotatable bonds is 4. The highest BCUT2D eigenvalue weighted by molar-refractivity contribution is 7.32. The molecule has 2 unspecified atom stereocenters. The lowest BCUT2D eigenvalue weighted by Gasteiger charge is -2.02. The monoisotopic (exact) mass is 243 g/mol. The van der Waals surface area contributed by atoms with E-state index in [2.05, 4.69) is 13.8 Å². The lowest BCUT2D eigenvalue weighted by atomic mass is 10.1. The molecular weight excluding hydrogens is 223 g/mol. The van der Waals surface area contributed by atoms with E-state index >= 15 is 0 Å². The highest BCUT2D eigenvalue weighted by Crippen LogP contribution is 2.27. The molecule has 0 heterocycles. The Morgan fingerprint density at radius 2 is 1.75 bits per heavy atom. The Hall–Kier alpha value is -0.760. The highest BCUT2D eigenvalue weighted by atomic mass is 31.1. The summed E-state index contributed by atoms with van der Waals surface area (Å²) in [4.78, 5) is 8.47. The lowest BCUT2D eigenvalue weighted by Crippen LogP contribution is -1.92. The quantitative estimate of drug-likeness (QED) is 0.805. The molecule has 1 N–H and O–H groups in total. The fraction of sp³-hybridized carbons (Fsp3) is 0.500. The molecule has 90 valence electrons. The minimum atomic E-state index is -2.51. The minimum absolute atomic E-state index is 0.334. The van der Waals surface area contributed by atoms with Crippen LogP contribution in [-0.2, 0) is 9.09 Å². The second-order valence-corrected chi connectivity index (χ2v) is 4.08. The molecule has 0 aliphatic heterocycles. The van der Waals surface area contributed by atoms with Gasteiger partial charge in [-0.2, -0.15) is 0 Å². The standard InChI is InChI=1S/C8H9O3P.C4H10/c1-7(11-12(9)10)8-5-3-2-4-6-8;1-3-4-2/h2-7H,1H3;3-4H2,1-2H3/p+1. The van der Waals surface area contributed by atoms with Gasteiger partial charge in [-0.3, -0.25) is 0 Å². The van der Waals surface area contributed by atoms with Crippen LogP contribution in [0.5, 0.6) is 0 Å². The van der Waals surface area contributed by atoms with Crippen molar-refractivity contribution in [2.75, 3.05) is 0 Å². The zero-order chi connectivity index (χ0) is 12.4.